The quantitative estimate of drug-likeness (QED) is 0.449. The van der Waals surface area contributed by atoms with Gasteiger partial charge >= 0.3 is 0 Å². The lowest BCUT2D eigenvalue weighted by molar-refractivity contribution is -0.119. The minimum absolute atomic E-state index is 0.00940. The number of thioether (sulfide) groups is 1. The molecule has 1 aromatic rings. The second-order valence-corrected chi connectivity index (χ2v) is 9.04. The summed E-state index contributed by atoms with van der Waals surface area (Å²) >= 11 is 1.43. The number of carbonyl (C=O) groups is 1. The fourth-order valence-corrected chi connectivity index (χ4v) is 5.01. The predicted octanol–water partition coefficient (Wildman–Crippen LogP) is 3.66. The van der Waals surface area contributed by atoms with E-state index in [9.17, 15) is 9.59 Å². The largest absolute Gasteiger partial charge is 0.353 e. The molecule has 31 heavy (non-hydrogen) atoms. The van der Waals surface area contributed by atoms with Crippen LogP contribution in [0.3, 0.4) is 0 Å². The van der Waals surface area contributed by atoms with Crippen molar-refractivity contribution in [1.82, 2.24) is 24.6 Å². The van der Waals surface area contributed by atoms with Crippen LogP contribution in [-0.4, -0.2) is 37.0 Å². The van der Waals surface area contributed by atoms with E-state index in [1.807, 2.05) is 37.3 Å². The van der Waals surface area contributed by atoms with Crippen molar-refractivity contribution in [2.45, 2.75) is 70.1 Å². The second kappa shape index (κ2) is 9.68. The van der Waals surface area contributed by atoms with Gasteiger partial charge in [0, 0.05) is 18.3 Å². The molecular formula is C23H29N5O2S. The van der Waals surface area contributed by atoms with Crippen LogP contribution in [0.4, 0.5) is 0 Å². The molecule has 0 aliphatic carbocycles. The maximum Gasteiger partial charge on any atom is 0.284 e. The average molecular weight is 440 g/mol. The van der Waals surface area contributed by atoms with Crippen molar-refractivity contribution >= 4 is 17.7 Å². The molecular weight excluding hydrogens is 410 g/mol. The van der Waals surface area contributed by atoms with Gasteiger partial charge in [0.15, 0.2) is 11.0 Å². The summed E-state index contributed by atoms with van der Waals surface area (Å²) < 4.78 is 3.58. The molecule has 1 unspecified atom stereocenters. The SMILES string of the molecule is CCCC(C)NC(=O)CSc1nc2nn(-c3ccccc3)c(=O)c-2c2n1CCCCC2. The first-order chi connectivity index (χ1) is 15.1. The number of para-hydroxylation sites is 1. The summed E-state index contributed by atoms with van der Waals surface area (Å²) in [6.45, 7) is 4.95. The highest BCUT2D eigenvalue weighted by Gasteiger charge is 2.27. The van der Waals surface area contributed by atoms with E-state index in [2.05, 4.69) is 21.9 Å². The first-order valence-electron chi connectivity index (χ1n) is 11.1. The summed E-state index contributed by atoms with van der Waals surface area (Å²) in [6.07, 6.45) is 6.02. The summed E-state index contributed by atoms with van der Waals surface area (Å²) in [5.74, 6) is 0.773. The van der Waals surface area contributed by atoms with E-state index in [4.69, 9.17) is 4.98 Å². The van der Waals surface area contributed by atoms with E-state index in [0.717, 1.165) is 61.6 Å². The number of nitrogens with one attached hydrogen (secondary N) is 1. The number of rotatable bonds is 7. The van der Waals surface area contributed by atoms with Crippen molar-refractivity contribution in [3.8, 4) is 17.1 Å². The maximum atomic E-state index is 13.2. The normalized spacial score (nSPS) is 14.8. The number of hydrogen-bond acceptors (Lipinski definition) is 5. The number of aromatic nitrogens is 4. The molecule has 3 aliphatic rings. The van der Waals surface area contributed by atoms with Crippen LogP contribution < -0.4 is 10.9 Å². The van der Waals surface area contributed by atoms with Gasteiger partial charge in [0.2, 0.25) is 5.91 Å². The Morgan fingerprint density at radius 1 is 1.23 bits per heavy atom. The van der Waals surface area contributed by atoms with Crippen LogP contribution in [0.1, 0.15) is 51.6 Å². The number of hydrogen-bond donors (Lipinski definition) is 1. The summed E-state index contributed by atoms with van der Waals surface area (Å²) in [7, 11) is 0. The van der Waals surface area contributed by atoms with Crippen LogP contribution >= 0.6 is 11.8 Å². The first kappa shape index (κ1) is 21.6. The zero-order valence-corrected chi connectivity index (χ0v) is 19.0. The molecule has 3 aliphatic heterocycles. The van der Waals surface area contributed by atoms with Gasteiger partial charge in [-0.2, -0.15) is 4.68 Å². The predicted molar refractivity (Wildman–Crippen MR) is 123 cm³/mol. The highest BCUT2D eigenvalue weighted by Crippen LogP contribution is 2.30. The first-order valence-corrected chi connectivity index (χ1v) is 12.1. The van der Waals surface area contributed by atoms with Crippen molar-refractivity contribution in [3.05, 3.63) is 46.4 Å². The molecule has 1 aromatic carbocycles. The lowest BCUT2D eigenvalue weighted by atomic mass is 10.1. The van der Waals surface area contributed by atoms with E-state index < -0.39 is 0 Å². The number of benzene rings is 1. The highest BCUT2D eigenvalue weighted by molar-refractivity contribution is 7.99. The number of amides is 1. The fraction of sp³-hybridized carbons (Fsp3) is 0.478. The summed E-state index contributed by atoms with van der Waals surface area (Å²) in [5, 5.41) is 8.36. The van der Waals surface area contributed by atoms with E-state index in [0.29, 0.717) is 17.1 Å². The lowest BCUT2D eigenvalue weighted by Gasteiger charge is -2.18. The maximum absolute atomic E-state index is 13.2. The van der Waals surface area contributed by atoms with Gasteiger partial charge in [-0.1, -0.05) is 49.7 Å². The zero-order valence-electron chi connectivity index (χ0n) is 18.1. The molecule has 7 nitrogen and oxygen atoms in total. The van der Waals surface area contributed by atoms with Gasteiger partial charge in [0.1, 0.15) is 5.56 Å². The van der Waals surface area contributed by atoms with Crippen LogP contribution in [-0.2, 0) is 17.8 Å². The third-order valence-electron chi connectivity index (χ3n) is 5.63. The molecule has 164 valence electrons. The van der Waals surface area contributed by atoms with Crippen LogP contribution in [0.2, 0.25) is 0 Å². The molecule has 0 aromatic heterocycles. The van der Waals surface area contributed by atoms with Gasteiger partial charge in [0.05, 0.1) is 11.4 Å². The zero-order chi connectivity index (χ0) is 21.8. The van der Waals surface area contributed by atoms with Crippen molar-refractivity contribution < 1.29 is 4.79 Å². The van der Waals surface area contributed by atoms with Crippen LogP contribution in [0.25, 0.3) is 17.1 Å². The van der Waals surface area contributed by atoms with E-state index >= 15 is 0 Å². The Balaban J connectivity index is 1.69. The molecule has 0 bridgehead atoms. The van der Waals surface area contributed by atoms with Gasteiger partial charge in [-0.25, -0.2) is 4.98 Å². The molecule has 0 spiro atoms. The molecule has 1 amide bonds. The van der Waals surface area contributed by atoms with Gasteiger partial charge in [-0.05, 0) is 44.7 Å². The molecule has 1 atom stereocenters. The summed E-state index contributed by atoms with van der Waals surface area (Å²) in [4.78, 5) is 30.4. The van der Waals surface area contributed by atoms with Gasteiger partial charge in [0.25, 0.3) is 5.56 Å². The summed E-state index contributed by atoms with van der Waals surface area (Å²) in [6, 6.07) is 9.61. The fourth-order valence-electron chi connectivity index (χ4n) is 4.16. The highest BCUT2D eigenvalue weighted by atomic mass is 32.2. The van der Waals surface area contributed by atoms with Crippen molar-refractivity contribution in [1.29, 1.82) is 0 Å². The van der Waals surface area contributed by atoms with Crippen molar-refractivity contribution in [2.24, 2.45) is 0 Å². The molecule has 0 saturated heterocycles. The van der Waals surface area contributed by atoms with Gasteiger partial charge in [-0.15, -0.1) is 5.10 Å². The number of carbonyl (C=O) groups excluding carboxylic acids is 1. The standard InChI is InChI=1S/C23H29N5O2S/c1-3-10-16(2)24-19(29)15-31-23-25-21-20(18-13-8-5-9-14-27(18)23)22(30)28(26-21)17-11-6-4-7-12-17/h4,6-7,11-12,16H,3,5,8-10,13-15H2,1-2H3,(H,24,29). The monoisotopic (exact) mass is 439 g/mol. The van der Waals surface area contributed by atoms with Crippen LogP contribution in [0.5, 0.6) is 0 Å². The van der Waals surface area contributed by atoms with Crippen LogP contribution in [0.15, 0.2) is 40.3 Å². The van der Waals surface area contributed by atoms with E-state index in [1.54, 1.807) is 0 Å². The minimum atomic E-state index is -0.123. The van der Waals surface area contributed by atoms with Crippen molar-refractivity contribution in [3.63, 3.8) is 0 Å². The molecule has 3 heterocycles. The topological polar surface area (TPSA) is 81.8 Å². The minimum Gasteiger partial charge on any atom is -0.353 e. The van der Waals surface area contributed by atoms with E-state index in [1.165, 1.54) is 16.4 Å². The Morgan fingerprint density at radius 3 is 2.81 bits per heavy atom. The Bertz CT molecular complexity index is 1080. The molecule has 0 radical (unpaired) electrons. The molecule has 4 rings (SSSR count). The smallest absolute Gasteiger partial charge is 0.284 e. The van der Waals surface area contributed by atoms with E-state index in [-0.39, 0.29) is 17.5 Å². The van der Waals surface area contributed by atoms with Crippen molar-refractivity contribution in [2.75, 3.05) is 5.75 Å². The van der Waals surface area contributed by atoms with Crippen LogP contribution in [0, 0.1) is 0 Å². The Kier molecular flexibility index (Phi) is 6.75. The average Bonchev–Trinajstić information content (AvgIpc) is 2.93. The molecule has 0 saturated carbocycles. The second-order valence-electron chi connectivity index (χ2n) is 8.10. The third-order valence-corrected chi connectivity index (χ3v) is 6.61. The summed E-state index contributed by atoms with van der Waals surface area (Å²) in [5.41, 5.74) is 2.21. The molecule has 8 heteroatoms. The Labute approximate surface area is 186 Å². The Morgan fingerprint density at radius 2 is 2.03 bits per heavy atom. The molecule has 0 fully saturated rings. The molecule has 1 N–H and O–H groups in total. The van der Waals surface area contributed by atoms with Gasteiger partial charge < -0.3 is 9.88 Å². The number of fused-ring (bicyclic) bond motifs is 3. The number of nitrogens with zero attached hydrogens (tertiary/aromatic N) is 4. The van der Waals surface area contributed by atoms with Gasteiger partial charge in [-0.3, -0.25) is 9.59 Å². The third kappa shape index (κ3) is 4.69. The Hall–Kier alpha value is -2.61. The lowest BCUT2D eigenvalue weighted by Crippen LogP contribution is -2.33.